The molecule has 0 saturated carbocycles. The van der Waals surface area contributed by atoms with Gasteiger partial charge in [-0.05, 0) is 43.5 Å². The average molecular weight is 320 g/mol. The summed E-state index contributed by atoms with van der Waals surface area (Å²) in [5.74, 6) is 0. The van der Waals surface area contributed by atoms with E-state index >= 15 is 0 Å². The summed E-state index contributed by atoms with van der Waals surface area (Å²) in [7, 11) is -1.09. The predicted octanol–water partition coefficient (Wildman–Crippen LogP) is 5.94. The summed E-state index contributed by atoms with van der Waals surface area (Å²) in [4.78, 5) is 4.67. The summed E-state index contributed by atoms with van der Waals surface area (Å²) in [5, 5.41) is 2.54. The molecule has 0 radical (unpaired) electrons. The van der Waals surface area contributed by atoms with Crippen LogP contribution >= 0.6 is 0 Å². The van der Waals surface area contributed by atoms with Gasteiger partial charge < -0.3 is 0 Å². The van der Waals surface area contributed by atoms with E-state index in [9.17, 15) is 0 Å². The van der Waals surface area contributed by atoms with Crippen LogP contribution in [0.5, 0.6) is 0 Å². The molecule has 1 heterocycles. The van der Waals surface area contributed by atoms with Gasteiger partial charge in [0.25, 0.3) is 0 Å². The minimum absolute atomic E-state index is 1.09. The van der Waals surface area contributed by atoms with Crippen LogP contribution in [0.3, 0.4) is 0 Å². The van der Waals surface area contributed by atoms with Gasteiger partial charge in [0.15, 0.2) is 0 Å². The van der Waals surface area contributed by atoms with Crippen molar-refractivity contribution in [3.8, 4) is 11.3 Å². The van der Waals surface area contributed by atoms with Crippen molar-refractivity contribution in [1.82, 2.24) is 4.98 Å². The zero-order chi connectivity index (χ0) is 16.6. The normalized spacial score (nSPS) is 11.9. The van der Waals surface area contributed by atoms with E-state index in [4.69, 9.17) is 0 Å². The highest BCUT2D eigenvalue weighted by Crippen LogP contribution is 2.29. The molecule has 0 bridgehead atoms. The molecule has 0 aliphatic heterocycles. The predicted molar refractivity (Wildman–Crippen MR) is 104 cm³/mol. The minimum Gasteiger partial charge on any atom is -0.256 e. The highest BCUT2D eigenvalue weighted by molar-refractivity contribution is 6.75. The molecule has 2 aromatic carbocycles. The second kappa shape index (κ2) is 5.93. The maximum atomic E-state index is 4.67. The first-order valence-corrected chi connectivity index (χ1v) is 12.0. The van der Waals surface area contributed by atoms with E-state index in [-0.39, 0.29) is 0 Å². The van der Waals surface area contributed by atoms with Gasteiger partial charge in [0.1, 0.15) is 0 Å². The van der Waals surface area contributed by atoms with Crippen molar-refractivity contribution in [1.29, 1.82) is 0 Å². The van der Waals surface area contributed by atoms with E-state index in [2.05, 4.69) is 80.9 Å². The third-order valence-electron chi connectivity index (χ3n) is 4.06. The highest BCUT2D eigenvalue weighted by atomic mass is 28.3. The van der Waals surface area contributed by atoms with E-state index in [1.54, 1.807) is 0 Å². The minimum atomic E-state index is -1.09. The van der Waals surface area contributed by atoms with Crippen LogP contribution in [0.4, 0.5) is 0 Å². The van der Waals surface area contributed by atoms with Crippen molar-refractivity contribution in [2.24, 2.45) is 0 Å². The maximum absolute atomic E-state index is 4.67. The molecule has 3 rings (SSSR count). The van der Waals surface area contributed by atoms with Gasteiger partial charge in [-0.2, -0.15) is 0 Å². The lowest BCUT2D eigenvalue weighted by molar-refractivity contribution is 1.30. The fourth-order valence-corrected chi connectivity index (χ4v) is 4.74. The van der Waals surface area contributed by atoms with Crippen molar-refractivity contribution in [3.63, 3.8) is 0 Å². The molecule has 0 unspecified atom stereocenters. The van der Waals surface area contributed by atoms with Gasteiger partial charge in [0.2, 0.25) is 0 Å². The van der Waals surface area contributed by atoms with Crippen LogP contribution in [-0.2, 0) is 6.04 Å². The molecule has 23 heavy (non-hydrogen) atoms. The van der Waals surface area contributed by atoms with Gasteiger partial charge in [-0.1, -0.05) is 60.6 Å². The second-order valence-electron chi connectivity index (χ2n) is 7.83. The number of benzene rings is 2. The Morgan fingerprint density at radius 2 is 1.57 bits per heavy atom. The summed E-state index contributed by atoms with van der Waals surface area (Å²) in [6.07, 6.45) is 1.94. The van der Waals surface area contributed by atoms with Crippen LogP contribution in [-0.4, -0.2) is 13.1 Å². The zero-order valence-electron chi connectivity index (χ0n) is 14.8. The Bertz CT molecular complexity index is 839. The van der Waals surface area contributed by atoms with Gasteiger partial charge in [-0.3, -0.25) is 4.98 Å². The number of hydrogen-bond donors (Lipinski definition) is 0. The molecular weight excluding hydrogens is 294 g/mol. The SMILES string of the molecule is Cc1cc(C)cc(-c2nccc3cc(C[Si](C)(C)C)ccc23)c1. The van der Waals surface area contributed by atoms with Crippen molar-refractivity contribution >= 4 is 18.8 Å². The van der Waals surface area contributed by atoms with Crippen molar-refractivity contribution in [2.45, 2.75) is 39.5 Å². The number of pyridine rings is 1. The Morgan fingerprint density at radius 1 is 0.870 bits per heavy atom. The Morgan fingerprint density at radius 3 is 2.22 bits per heavy atom. The van der Waals surface area contributed by atoms with E-state index in [0.717, 1.165) is 5.69 Å². The summed E-state index contributed by atoms with van der Waals surface area (Å²) in [6.45, 7) is 11.6. The Balaban J connectivity index is 2.12. The zero-order valence-corrected chi connectivity index (χ0v) is 15.8. The van der Waals surface area contributed by atoms with Crippen LogP contribution in [0.25, 0.3) is 22.0 Å². The Hall–Kier alpha value is -1.93. The molecule has 0 atom stereocenters. The fourth-order valence-electron chi connectivity index (χ4n) is 3.29. The average Bonchev–Trinajstić information content (AvgIpc) is 2.43. The molecule has 3 aromatic rings. The smallest absolute Gasteiger partial charge is 0.0780 e. The molecule has 0 aliphatic rings. The molecule has 0 fully saturated rings. The lowest BCUT2D eigenvalue weighted by Gasteiger charge is -2.16. The van der Waals surface area contributed by atoms with Crippen LogP contribution in [0.15, 0.2) is 48.7 Å². The highest BCUT2D eigenvalue weighted by Gasteiger charge is 2.14. The molecule has 1 aromatic heterocycles. The fraction of sp³-hybridized carbons (Fsp3) is 0.286. The van der Waals surface area contributed by atoms with Crippen molar-refractivity contribution in [3.05, 3.63) is 65.4 Å². The van der Waals surface area contributed by atoms with Crippen LogP contribution in [0, 0.1) is 13.8 Å². The third kappa shape index (κ3) is 3.70. The number of rotatable bonds is 3. The molecule has 0 aliphatic carbocycles. The van der Waals surface area contributed by atoms with Gasteiger partial charge in [-0.15, -0.1) is 0 Å². The monoisotopic (exact) mass is 319 g/mol. The summed E-state index contributed by atoms with van der Waals surface area (Å²) in [6, 6.07) is 16.9. The van der Waals surface area contributed by atoms with E-state index in [1.165, 1.54) is 39.1 Å². The van der Waals surface area contributed by atoms with Crippen molar-refractivity contribution < 1.29 is 0 Å². The number of aryl methyl sites for hydroxylation is 2. The van der Waals surface area contributed by atoms with Crippen molar-refractivity contribution in [2.75, 3.05) is 0 Å². The Labute approximate surface area is 140 Å². The quantitative estimate of drug-likeness (QED) is 0.544. The topological polar surface area (TPSA) is 12.9 Å². The molecule has 0 spiro atoms. The molecule has 0 N–H and O–H groups in total. The molecule has 1 nitrogen and oxygen atoms in total. The second-order valence-corrected chi connectivity index (χ2v) is 13.3. The van der Waals surface area contributed by atoms with Gasteiger partial charge in [0, 0.05) is 25.2 Å². The lowest BCUT2D eigenvalue weighted by atomic mass is 9.99. The molecule has 0 amide bonds. The summed E-state index contributed by atoms with van der Waals surface area (Å²) < 4.78 is 0. The van der Waals surface area contributed by atoms with Crippen LogP contribution < -0.4 is 0 Å². The standard InChI is InChI=1S/C21H25NSi/c1-15-10-16(2)12-19(11-15)21-20-7-6-17(14-23(3,4)5)13-18(20)8-9-22-21/h6-13H,14H2,1-5H3. The largest absolute Gasteiger partial charge is 0.256 e. The number of fused-ring (bicyclic) bond motifs is 1. The van der Waals surface area contributed by atoms with Crippen LogP contribution in [0.2, 0.25) is 19.6 Å². The molecule has 0 saturated heterocycles. The van der Waals surface area contributed by atoms with Gasteiger partial charge >= 0.3 is 0 Å². The van der Waals surface area contributed by atoms with Gasteiger partial charge in [0.05, 0.1) is 5.69 Å². The summed E-state index contributed by atoms with van der Waals surface area (Å²) >= 11 is 0. The van der Waals surface area contributed by atoms with Gasteiger partial charge in [-0.25, -0.2) is 0 Å². The van der Waals surface area contributed by atoms with E-state index in [0.29, 0.717) is 0 Å². The molecule has 118 valence electrons. The third-order valence-corrected chi connectivity index (χ3v) is 5.53. The first-order valence-electron chi connectivity index (χ1n) is 8.28. The number of hydrogen-bond acceptors (Lipinski definition) is 1. The first-order chi connectivity index (χ1) is 10.8. The van der Waals surface area contributed by atoms with Crippen LogP contribution in [0.1, 0.15) is 16.7 Å². The Kier molecular flexibility index (Phi) is 4.11. The maximum Gasteiger partial charge on any atom is 0.0780 e. The molecule has 2 heteroatoms. The van der Waals surface area contributed by atoms with E-state index < -0.39 is 8.07 Å². The molecular formula is C21H25NSi. The first kappa shape index (κ1) is 15.9. The van der Waals surface area contributed by atoms with E-state index in [1.807, 2.05) is 6.20 Å². The number of aromatic nitrogens is 1. The summed E-state index contributed by atoms with van der Waals surface area (Å²) in [5.41, 5.74) is 6.33. The number of nitrogens with zero attached hydrogens (tertiary/aromatic N) is 1. The lowest BCUT2D eigenvalue weighted by Crippen LogP contribution is -2.23.